The van der Waals surface area contributed by atoms with E-state index < -0.39 is 0 Å². The van der Waals surface area contributed by atoms with Gasteiger partial charge in [-0.25, -0.2) is 4.98 Å². The van der Waals surface area contributed by atoms with Crippen molar-refractivity contribution in [2.45, 2.75) is 12.5 Å². The van der Waals surface area contributed by atoms with Gasteiger partial charge in [0.1, 0.15) is 12.4 Å². The molecule has 3 N–H and O–H groups in total. The van der Waals surface area contributed by atoms with Gasteiger partial charge in [0.2, 0.25) is 0 Å². The van der Waals surface area contributed by atoms with Crippen molar-refractivity contribution < 1.29 is 9.84 Å². The van der Waals surface area contributed by atoms with Gasteiger partial charge in [-0.3, -0.25) is 0 Å². The van der Waals surface area contributed by atoms with Gasteiger partial charge in [0.05, 0.1) is 24.7 Å². The molecule has 0 saturated heterocycles. The largest absolute Gasteiger partial charge is 0.491 e. The van der Waals surface area contributed by atoms with E-state index in [4.69, 9.17) is 9.84 Å². The molecule has 2 heterocycles. The maximum atomic E-state index is 8.90. The highest BCUT2D eigenvalue weighted by molar-refractivity contribution is 5.41. The van der Waals surface area contributed by atoms with Crippen molar-refractivity contribution in [2.75, 3.05) is 19.8 Å². The van der Waals surface area contributed by atoms with Crippen LogP contribution >= 0.6 is 0 Å². The molecule has 0 spiro atoms. The molecular weight excluding hydrogens is 242 g/mol. The maximum Gasteiger partial charge on any atom is 0.124 e. The quantitative estimate of drug-likeness (QED) is 0.766. The normalized spacial score (nSPS) is 18.1. The van der Waals surface area contributed by atoms with E-state index in [0.717, 1.165) is 30.0 Å². The molecule has 1 atom stereocenters. The summed E-state index contributed by atoms with van der Waals surface area (Å²) in [5, 5.41) is 12.4. The Kier molecular flexibility index (Phi) is 3.48. The first kappa shape index (κ1) is 12.2. The lowest BCUT2D eigenvalue weighted by molar-refractivity contribution is 0.199. The zero-order valence-corrected chi connectivity index (χ0v) is 10.6. The number of nitrogens with one attached hydrogen (secondary N) is 2. The molecule has 1 aliphatic rings. The average Bonchev–Trinajstić information content (AvgIpc) is 2.94. The highest BCUT2D eigenvalue weighted by Crippen LogP contribution is 2.32. The van der Waals surface area contributed by atoms with Crippen LogP contribution in [0.3, 0.4) is 0 Å². The molecule has 0 unspecified atom stereocenters. The minimum Gasteiger partial charge on any atom is -0.491 e. The lowest BCUT2D eigenvalue weighted by Crippen LogP contribution is -2.31. The van der Waals surface area contributed by atoms with Crippen LogP contribution in [0.15, 0.2) is 30.6 Å². The number of nitrogens with zero attached hydrogens (tertiary/aromatic N) is 1. The van der Waals surface area contributed by atoms with Gasteiger partial charge in [0, 0.05) is 24.2 Å². The number of para-hydroxylation sites is 1. The van der Waals surface area contributed by atoms with Crippen molar-refractivity contribution in [3.05, 3.63) is 47.5 Å². The number of hydrogen-bond donors (Lipinski definition) is 3. The first-order valence-electron chi connectivity index (χ1n) is 6.48. The van der Waals surface area contributed by atoms with E-state index >= 15 is 0 Å². The molecule has 0 saturated carbocycles. The van der Waals surface area contributed by atoms with Gasteiger partial charge in [0.15, 0.2) is 0 Å². The van der Waals surface area contributed by atoms with Crippen molar-refractivity contribution >= 4 is 0 Å². The SMILES string of the molecule is OCCOc1ccccc1[C@H]1NCCc2[nH]cnc21. The Balaban J connectivity index is 1.95. The molecule has 19 heavy (non-hydrogen) atoms. The van der Waals surface area contributed by atoms with Crippen LogP contribution in [0.25, 0.3) is 0 Å². The third kappa shape index (κ3) is 2.34. The minimum absolute atomic E-state index is 0.0140. The summed E-state index contributed by atoms with van der Waals surface area (Å²) in [4.78, 5) is 7.60. The van der Waals surface area contributed by atoms with Gasteiger partial charge in [0.25, 0.3) is 0 Å². The van der Waals surface area contributed by atoms with Crippen LogP contribution in [0.4, 0.5) is 0 Å². The summed E-state index contributed by atoms with van der Waals surface area (Å²) in [6.07, 6.45) is 2.70. The van der Waals surface area contributed by atoms with Crippen LogP contribution in [-0.2, 0) is 6.42 Å². The molecule has 2 aromatic rings. The van der Waals surface area contributed by atoms with Gasteiger partial charge >= 0.3 is 0 Å². The second-order valence-corrected chi connectivity index (χ2v) is 4.51. The Morgan fingerprint density at radius 3 is 3.16 bits per heavy atom. The monoisotopic (exact) mass is 259 g/mol. The Morgan fingerprint density at radius 2 is 2.26 bits per heavy atom. The van der Waals surface area contributed by atoms with Crippen LogP contribution in [0, 0.1) is 0 Å². The summed E-state index contributed by atoms with van der Waals surface area (Å²) < 4.78 is 5.60. The molecule has 0 aliphatic carbocycles. The fourth-order valence-corrected chi connectivity index (χ4v) is 2.48. The number of rotatable bonds is 4. The number of aliphatic hydroxyl groups is 1. The van der Waals surface area contributed by atoms with Crippen molar-refractivity contribution in [1.82, 2.24) is 15.3 Å². The van der Waals surface area contributed by atoms with Crippen molar-refractivity contribution in [3.8, 4) is 5.75 Å². The molecule has 0 bridgehead atoms. The third-order valence-electron chi connectivity index (χ3n) is 3.33. The summed E-state index contributed by atoms with van der Waals surface area (Å²) in [6.45, 7) is 1.23. The fourth-order valence-electron chi connectivity index (χ4n) is 2.48. The van der Waals surface area contributed by atoms with E-state index in [1.54, 1.807) is 6.33 Å². The van der Waals surface area contributed by atoms with E-state index in [2.05, 4.69) is 15.3 Å². The van der Waals surface area contributed by atoms with E-state index in [9.17, 15) is 0 Å². The number of ether oxygens (including phenoxy) is 1. The maximum absolute atomic E-state index is 8.90. The highest BCUT2D eigenvalue weighted by atomic mass is 16.5. The fraction of sp³-hybridized carbons (Fsp3) is 0.357. The smallest absolute Gasteiger partial charge is 0.124 e. The van der Waals surface area contributed by atoms with Crippen molar-refractivity contribution in [1.29, 1.82) is 0 Å². The zero-order valence-electron chi connectivity index (χ0n) is 10.6. The number of aliphatic hydroxyl groups excluding tert-OH is 1. The molecule has 100 valence electrons. The van der Waals surface area contributed by atoms with Crippen molar-refractivity contribution in [2.24, 2.45) is 0 Å². The molecule has 0 amide bonds. The standard InChI is InChI=1S/C14H17N3O2/c18-7-8-19-12-4-2-1-3-10(12)13-14-11(5-6-15-13)16-9-17-14/h1-4,9,13,15,18H,5-8H2,(H,16,17)/t13-/m1/s1. The molecule has 0 radical (unpaired) electrons. The molecule has 1 aromatic heterocycles. The number of fused-ring (bicyclic) bond motifs is 1. The van der Waals surface area contributed by atoms with Crippen LogP contribution in [0.5, 0.6) is 5.75 Å². The molecule has 1 aromatic carbocycles. The van der Waals surface area contributed by atoms with Gasteiger partial charge in [-0.2, -0.15) is 0 Å². The summed E-state index contributed by atoms with van der Waals surface area (Å²) in [7, 11) is 0. The lowest BCUT2D eigenvalue weighted by atomic mass is 9.97. The Hall–Kier alpha value is -1.85. The number of H-pyrrole nitrogens is 1. The van der Waals surface area contributed by atoms with Gasteiger partial charge in [-0.05, 0) is 6.07 Å². The molecule has 3 rings (SSSR count). The molecule has 0 fully saturated rings. The second kappa shape index (κ2) is 5.42. The Morgan fingerprint density at radius 1 is 1.37 bits per heavy atom. The zero-order chi connectivity index (χ0) is 13.1. The van der Waals surface area contributed by atoms with Crippen LogP contribution < -0.4 is 10.1 Å². The van der Waals surface area contributed by atoms with Gasteiger partial charge in [-0.1, -0.05) is 18.2 Å². The van der Waals surface area contributed by atoms with Crippen LogP contribution in [0.1, 0.15) is 23.0 Å². The first-order chi connectivity index (χ1) is 9.40. The number of hydrogen-bond acceptors (Lipinski definition) is 4. The third-order valence-corrected chi connectivity index (χ3v) is 3.33. The van der Waals surface area contributed by atoms with Gasteiger partial charge in [-0.15, -0.1) is 0 Å². The first-order valence-corrected chi connectivity index (χ1v) is 6.48. The molecule has 1 aliphatic heterocycles. The van der Waals surface area contributed by atoms with E-state index in [1.807, 2.05) is 24.3 Å². The number of benzene rings is 1. The predicted molar refractivity (Wildman–Crippen MR) is 71.2 cm³/mol. The lowest BCUT2D eigenvalue weighted by Gasteiger charge is -2.25. The van der Waals surface area contributed by atoms with Crippen LogP contribution in [-0.4, -0.2) is 34.8 Å². The molecule has 5 nitrogen and oxygen atoms in total. The minimum atomic E-state index is 0.0140. The summed E-state index contributed by atoms with van der Waals surface area (Å²) in [5.74, 6) is 0.796. The topological polar surface area (TPSA) is 70.2 Å². The predicted octanol–water partition coefficient (Wildman–Crippen LogP) is 1.02. The van der Waals surface area contributed by atoms with E-state index in [-0.39, 0.29) is 12.6 Å². The number of aromatic amines is 1. The van der Waals surface area contributed by atoms with Gasteiger partial charge < -0.3 is 20.1 Å². The molecule has 5 heteroatoms. The Labute approximate surface area is 111 Å². The summed E-state index contributed by atoms with van der Waals surface area (Å²) >= 11 is 0. The number of aromatic nitrogens is 2. The molecular formula is C14H17N3O2. The summed E-state index contributed by atoms with van der Waals surface area (Å²) in [6, 6.07) is 7.93. The average molecular weight is 259 g/mol. The highest BCUT2D eigenvalue weighted by Gasteiger charge is 2.25. The summed E-state index contributed by atoms with van der Waals surface area (Å²) in [5.41, 5.74) is 3.27. The van der Waals surface area contributed by atoms with E-state index in [0.29, 0.717) is 6.61 Å². The van der Waals surface area contributed by atoms with Crippen molar-refractivity contribution in [3.63, 3.8) is 0 Å². The van der Waals surface area contributed by atoms with E-state index in [1.165, 1.54) is 5.69 Å². The number of imidazole rings is 1. The Bertz CT molecular complexity index is 553. The second-order valence-electron chi connectivity index (χ2n) is 4.51. The van der Waals surface area contributed by atoms with Crippen LogP contribution in [0.2, 0.25) is 0 Å².